The second kappa shape index (κ2) is 8.77. The van der Waals surface area contributed by atoms with Crippen LogP contribution in [0.25, 0.3) is 0 Å². The van der Waals surface area contributed by atoms with Gasteiger partial charge in [0.25, 0.3) is 5.91 Å². The van der Waals surface area contributed by atoms with Gasteiger partial charge in [-0.2, -0.15) is 0 Å². The van der Waals surface area contributed by atoms with Crippen LogP contribution >= 0.6 is 0 Å². The van der Waals surface area contributed by atoms with Crippen molar-refractivity contribution < 1.29 is 29.0 Å². The van der Waals surface area contributed by atoms with Gasteiger partial charge in [-0.15, -0.1) is 0 Å². The Kier molecular flexibility index (Phi) is 6.15. The number of carboxylic acid groups (broad SMARTS) is 1. The first-order valence-corrected chi connectivity index (χ1v) is 9.59. The van der Waals surface area contributed by atoms with Crippen LogP contribution in [0.5, 0.6) is 5.75 Å². The number of benzene rings is 2. The van der Waals surface area contributed by atoms with E-state index < -0.39 is 23.9 Å². The molecule has 0 fully saturated rings. The maximum atomic E-state index is 12.7. The van der Waals surface area contributed by atoms with E-state index in [9.17, 15) is 24.3 Å². The fraction of sp³-hybridized carbons (Fsp3) is 0.273. The van der Waals surface area contributed by atoms with Crippen LogP contribution in [0.15, 0.2) is 42.5 Å². The largest absolute Gasteiger partial charge is 0.479 e. The second-order valence-corrected chi connectivity index (χ2v) is 6.94. The van der Waals surface area contributed by atoms with Crippen LogP contribution in [0.2, 0.25) is 0 Å². The lowest BCUT2D eigenvalue weighted by atomic mass is 10.0. The number of aromatic carboxylic acids is 1. The van der Waals surface area contributed by atoms with E-state index in [2.05, 4.69) is 5.32 Å². The normalized spacial score (nSPS) is 15.2. The molecule has 1 atom stereocenters. The van der Waals surface area contributed by atoms with Crippen molar-refractivity contribution >= 4 is 34.9 Å². The first-order valence-electron chi connectivity index (χ1n) is 9.59. The molecule has 30 heavy (non-hydrogen) atoms. The first kappa shape index (κ1) is 21.0. The summed E-state index contributed by atoms with van der Waals surface area (Å²) >= 11 is 0. The van der Waals surface area contributed by atoms with Crippen LogP contribution in [0.4, 0.5) is 11.4 Å². The zero-order valence-corrected chi connectivity index (χ0v) is 16.7. The summed E-state index contributed by atoms with van der Waals surface area (Å²) in [6.07, 6.45) is 0.266. The van der Waals surface area contributed by atoms with E-state index in [1.807, 2.05) is 6.92 Å². The summed E-state index contributed by atoms with van der Waals surface area (Å²) in [6.45, 7) is 3.13. The minimum Gasteiger partial charge on any atom is -0.479 e. The number of rotatable bonds is 7. The third kappa shape index (κ3) is 4.32. The standard InChI is InChI=1S/C22H22N2O6/c1-3-6-18(25)14-9-10-19-17(11-14)24(21(27)13(2)30-19)12-20(26)23-16-8-5-4-7-15(16)22(28)29/h4-5,7-11,13H,3,6,12H2,1-2H3,(H,23,26)(H,28,29). The molecule has 0 saturated heterocycles. The van der Waals surface area contributed by atoms with Gasteiger partial charge in [0.1, 0.15) is 12.3 Å². The van der Waals surface area contributed by atoms with E-state index in [4.69, 9.17) is 4.74 Å². The van der Waals surface area contributed by atoms with E-state index >= 15 is 0 Å². The average molecular weight is 410 g/mol. The van der Waals surface area contributed by atoms with E-state index in [1.165, 1.54) is 17.0 Å². The molecule has 0 bridgehead atoms. The number of Topliss-reactive ketones (excluding diaryl/α,β-unsaturated/α-hetero) is 1. The molecule has 156 valence electrons. The number of nitrogens with zero attached hydrogens (tertiary/aromatic N) is 1. The molecule has 1 unspecified atom stereocenters. The van der Waals surface area contributed by atoms with E-state index in [0.29, 0.717) is 29.8 Å². The summed E-state index contributed by atoms with van der Waals surface area (Å²) in [5, 5.41) is 11.8. The summed E-state index contributed by atoms with van der Waals surface area (Å²) in [7, 11) is 0. The van der Waals surface area contributed by atoms with Crippen molar-refractivity contribution in [3.63, 3.8) is 0 Å². The molecule has 2 N–H and O–H groups in total. The van der Waals surface area contributed by atoms with Crippen LogP contribution in [0.3, 0.4) is 0 Å². The molecule has 0 aliphatic carbocycles. The number of nitrogens with one attached hydrogen (secondary N) is 1. The number of carboxylic acids is 1. The molecular weight excluding hydrogens is 388 g/mol. The van der Waals surface area contributed by atoms with Crippen molar-refractivity contribution in [1.82, 2.24) is 0 Å². The highest BCUT2D eigenvalue weighted by molar-refractivity contribution is 6.08. The van der Waals surface area contributed by atoms with Gasteiger partial charge in [0.05, 0.1) is 16.9 Å². The summed E-state index contributed by atoms with van der Waals surface area (Å²) in [4.78, 5) is 50.2. The van der Waals surface area contributed by atoms with Gasteiger partial charge in [0.15, 0.2) is 11.9 Å². The number of para-hydroxylation sites is 1. The van der Waals surface area contributed by atoms with Gasteiger partial charge in [0, 0.05) is 12.0 Å². The van der Waals surface area contributed by atoms with Crippen molar-refractivity contribution in [2.24, 2.45) is 0 Å². The van der Waals surface area contributed by atoms with Gasteiger partial charge in [-0.05, 0) is 43.7 Å². The summed E-state index contributed by atoms with van der Waals surface area (Å²) in [6, 6.07) is 10.8. The smallest absolute Gasteiger partial charge is 0.337 e. The summed E-state index contributed by atoms with van der Waals surface area (Å²) < 4.78 is 5.61. The van der Waals surface area contributed by atoms with Crippen LogP contribution < -0.4 is 15.0 Å². The fourth-order valence-corrected chi connectivity index (χ4v) is 3.23. The van der Waals surface area contributed by atoms with E-state index in [0.717, 1.165) is 0 Å². The molecule has 0 radical (unpaired) electrons. The van der Waals surface area contributed by atoms with Crippen LogP contribution in [0, 0.1) is 0 Å². The number of anilines is 2. The lowest BCUT2D eigenvalue weighted by Gasteiger charge is -2.32. The third-order valence-electron chi connectivity index (χ3n) is 4.70. The van der Waals surface area contributed by atoms with Crippen LogP contribution in [0.1, 0.15) is 47.4 Å². The molecule has 1 aliphatic heterocycles. The number of ketones is 1. The highest BCUT2D eigenvalue weighted by Gasteiger charge is 2.33. The lowest BCUT2D eigenvalue weighted by Crippen LogP contribution is -2.47. The molecule has 2 amide bonds. The highest BCUT2D eigenvalue weighted by atomic mass is 16.5. The molecule has 8 heteroatoms. The fourth-order valence-electron chi connectivity index (χ4n) is 3.23. The number of hydrogen-bond acceptors (Lipinski definition) is 5. The first-order chi connectivity index (χ1) is 14.3. The predicted octanol–water partition coefficient (Wildman–Crippen LogP) is 3.12. The van der Waals surface area contributed by atoms with E-state index in [-0.39, 0.29) is 23.6 Å². The quantitative estimate of drug-likeness (QED) is 0.678. The molecule has 2 aromatic rings. The Morgan fingerprint density at radius 1 is 1.17 bits per heavy atom. The van der Waals surface area contributed by atoms with Gasteiger partial charge in [-0.25, -0.2) is 4.79 Å². The van der Waals surface area contributed by atoms with Crippen molar-refractivity contribution in [1.29, 1.82) is 0 Å². The average Bonchev–Trinajstić information content (AvgIpc) is 2.71. The Hall–Kier alpha value is -3.68. The Morgan fingerprint density at radius 3 is 2.60 bits per heavy atom. The maximum Gasteiger partial charge on any atom is 0.337 e. The zero-order valence-electron chi connectivity index (χ0n) is 16.7. The predicted molar refractivity (Wildman–Crippen MR) is 110 cm³/mol. The molecule has 1 aliphatic rings. The Labute approximate surface area is 173 Å². The monoisotopic (exact) mass is 410 g/mol. The Balaban J connectivity index is 1.87. The molecule has 1 heterocycles. The Morgan fingerprint density at radius 2 is 1.90 bits per heavy atom. The van der Waals surface area contributed by atoms with Crippen molar-refractivity contribution in [3.05, 3.63) is 53.6 Å². The van der Waals surface area contributed by atoms with Crippen LogP contribution in [-0.4, -0.2) is 41.3 Å². The number of fused-ring (bicyclic) bond motifs is 1. The molecule has 3 rings (SSSR count). The number of carbonyl (C=O) groups is 4. The van der Waals surface area contributed by atoms with Crippen molar-refractivity contribution in [3.8, 4) is 5.75 Å². The topological polar surface area (TPSA) is 113 Å². The summed E-state index contributed by atoms with van der Waals surface area (Å²) in [5.74, 6) is -1.84. The zero-order chi connectivity index (χ0) is 21.8. The molecule has 0 saturated carbocycles. The molecule has 2 aromatic carbocycles. The lowest BCUT2D eigenvalue weighted by molar-refractivity contribution is -0.127. The SMILES string of the molecule is CCCC(=O)c1ccc2c(c1)N(CC(=O)Nc1ccccc1C(=O)O)C(=O)C(C)O2. The summed E-state index contributed by atoms with van der Waals surface area (Å²) in [5.41, 5.74) is 0.848. The van der Waals surface area contributed by atoms with Crippen molar-refractivity contribution in [2.45, 2.75) is 32.8 Å². The molecular formula is C22H22N2O6. The molecule has 8 nitrogen and oxygen atoms in total. The van der Waals surface area contributed by atoms with Gasteiger partial charge >= 0.3 is 5.97 Å². The number of amides is 2. The molecule has 0 aromatic heterocycles. The van der Waals surface area contributed by atoms with Crippen LogP contribution in [-0.2, 0) is 9.59 Å². The number of ether oxygens (including phenoxy) is 1. The van der Waals surface area contributed by atoms with Gasteiger partial charge in [0.2, 0.25) is 5.91 Å². The third-order valence-corrected chi connectivity index (χ3v) is 4.70. The number of carbonyl (C=O) groups excluding carboxylic acids is 3. The minimum atomic E-state index is -1.17. The van der Waals surface area contributed by atoms with Gasteiger partial charge < -0.3 is 15.2 Å². The highest BCUT2D eigenvalue weighted by Crippen LogP contribution is 2.35. The van der Waals surface area contributed by atoms with Crippen molar-refractivity contribution in [2.75, 3.05) is 16.8 Å². The van der Waals surface area contributed by atoms with E-state index in [1.54, 1.807) is 37.3 Å². The Bertz CT molecular complexity index is 1020. The van der Waals surface area contributed by atoms with Gasteiger partial charge in [-0.3, -0.25) is 19.3 Å². The molecule has 0 spiro atoms. The second-order valence-electron chi connectivity index (χ2n) is 6.94. The van der Waals surface area contributed by atoms with Gasteiger partial charge in [-0.1, -0.05) is 19.1 Å². The minimum absolute atomic E-state index is 0.0552. The maximum absolute atomic E-state index is 12.7. The number of hydrogen-bond donors (Lipinski definition) is 2.